The molecule has 36 heavy (non-hydrogen) atoms. The first-order valence-corrected chi connectivity index (χ1v) is 11.3. The van der Waals surface area contributed by atoms with E-state index in [4.69, 9.17) is 30.4 Å². The monoisotopic (exact) mass is 476 g/mol. The quantitative estimate of drug-likeness (QED) is 0.220. The number of ether oxygens (including phenoxy) is 4. The summed E-state index contributed by atoms with van der Waals surface area (Å²) in [5.41, 5.74) is 13.0. The number of hydrogen-bond acceptors (Lipinski definition) is 6. The highest BCUT2D eigenvalue weighted by Gasteiger charge is 2.10. The van der Waals surface area contributed by atoms with E-state index in [0.717, 1.165) is 0 Å². The number of anilines is 2. The molecule has 0 radical (unpaired) electrons. The van der Waals surface area contributed by atoms with Crippen molar-refractivity contribution in [1.29, 1.82) is 0 Å². The summed E-state index contributed by atoms with van der Waals surface area (Å²) in [6, 6.07) is 36.7. The van der Waals surface area contributed by atoms with Crippen LogP contribution in [0.25, 0.3) is 0 Å². The maximum atomic E-state index is 6.08. The van der Waals surface area contributed by atoms with Gasteiger partial charge >= 0.3 is 0 Å². The zero-order valence-electron chi connectivity index (χ0n) is 19.3. The summed E-state index contributed by atoms with van der Waals surface area (Å²) in [5.74, 6) is 4.85. The molecule has 0 fully saturated rings. The molecule has 0 aliphatic heterocycles. The van der Waals surface area contributed by atoms with Crippen LogP contribution in [0.5, 0.6) is 46.0 Å². The van der Waals surface area contributed by atoms with Gasteiger partial charge in [-0.2, -0.15) is 0 Å². The van der Waals surface area contributed by atoms with E-state index in [0.29, 0.717) is 57.4 Å². The Balaban J connectivity index is 1.29. The van der Waals surface area contributed by atoms with Crippen molar-refractivity contribution < 1.29 is 18.9 Å². The smallest absolute Gasteiger partial charge is 0.169 e. The highest BCUT2D eigenvalue weighted by Crippen LogP contribution is 2.37. The number of para-hydroxylation sites is 4. The molecule has 5 aromatic carbocycles. The molecule has 0 aliphatic rings. The summed E-state index contributed by atoms with van der Waals surface area (Å²) in [5, 5.41) is 0. The van der Waals surface area contributed by atoms with Gasteiger partial charge in [0.25, 0.3) is 0 Å². The van der Waals surface area contributed by atoms with Gasteiger partial charge in [-0.3, -0.25) is 0 Å². The summed E-state index contributed by atoms with van der Waals surface area (Å²) >= 11 is 0. The molecule has 0 saturated heterocycles. The minimum absolute atomic E-state index is 0.578. The van der Waals surface area contributed by atoms with Crippen molar-refractivity contribution in [3.63, 3.8) is 0 Å². The molecular weight excluding hydrogens is 452 g/mol. The first-order valence-electron chi connectivity index (χ1n) is 11.3. The molecule has 0 amide bonds. The Labute approximate surface area is 209 Å². The highest BCUT2D eigenvalue weighted by atomic mass is 16.5. The third-order valence-electron chi connectivity index (χ3n) is 5.15. The van der Waals surface area contributed by atoms with E-state index in [1.54, 1.807) is 24.3 Å². The fourth-order valence-electron chi connectivity index (χ4n) is 3.48. The fourth-order valence-corrected chi connectivity index (χ4v) is 3.48. The van der Waals surface area contributed by atoms with Crippen LogP contribution in [0.4, 0.5) is 11.4 Å². The lowest BCUT2D eigenvalue weighted by molar-refractivity contribution is 0.413. The lowest BCUT2D eigenvalue weighted by atomic mass is 10.2. The lowest BCUT2D eigenvalue weighted by Gasteiger charge is -2.14. The molecule has 4 N–H and O–H groups in total. The maximum Gasteiger partial charge on any atom is 0.169 e. The maximum absolute atomic E-state index is 6.08. The molecular formula is C30H24N2O4. The molecule has 0 saturated carbocycles. The Kier molecular flexibility index (Phi) is 6.58. The van der Waals surface area contributed by atoms with Crippen molar-refractivity contribution in [3.05, 3.63) is 121 Å². The molecule has 0 bridgehead atoms. The van der Waals surface area contributed by atoms with Crippen molar-refractivity contribution >= 4 is 11.4 Å². The van der Waals surface area contributed by atoms with Crippen LogP contribution in [0.1, 0.15) is 0 Å². The van der Waals surface area contributed by atoms with Gasteiger partial charge in [0.2, 0.25) is 0 Å². The number of rotatable bonds is 8. The van der Waals surface area contributed by atoms with Crippen LogP contribution in [-0.4, -0.2) is 0 Å². The third-order valence-corrected chi connectivity index (χ3v) is 5.15. The van der Waals surface area contributed by atoms with E-state index in [1.807, 2.05) is 97.1 Å². The first kappa shape index (κ1) is 22.7. The van der Waals surface area contributed by atoms with Crippen molar-refractivity contribution in [1.82, 2.24) is 0 Å². The summed E-state index contributed by atoms with van der Waals surface area (Å²) < 4.78 is 24.1. The second kappa shape index (κ2) is 10.4. The van der Waals surface area contributed by atoms with E-state index in [2.05, 4.69) is 0 Å². The molecule has 0 aromatic heterocycles. The van der Waals surface area contributed by atoms with Gasteiger partial charge < -0.3 is 30.4 Å². The largest absolute Gasteiger partial charge is 0.453 e. The Hall–Kier alpha value is -5.10. The molecule has 6 heteroatoms. The Bertz CT molecular complexity index is 1360. The summed E-state index contributed by atoms with van der Waals surface area (Å²) in [7, 11) is 0. The average Bonchev–Trinajstić information content (AvgIpc) is 2.88. The predicted molar refractivity (Wildman–Crippen MR) is 141 cm³/mol. The fraction of sp³-hybridized carbons (Fsp3) is 0. The van der Waals surface area contributed by atoms with E-state index < -0.39 is 0 Å². The Morgan fingerprint density at radius 2 is 0.667 bits per heavy atom. The van der Waals surface area contributed by atoms with E-state index in [-0.39, 0.29) is 0 Å². The first-order chi connectivity index (χ1) is 17.6. The summed E-state index contributed by atoms with van der Waals surface area (Å²) in [4.78, 5) is 0. The van der Waals surface area contributed by atoms with Gasteiger partial charge in [0.1, 0.15) is 23.0 Å². The van der Waals surface area contributed by atoms with Crippen LogP contribution in [0.3, 0.4) is 0 Å². The Morgan fingerprint density at radius 3 is 1.00 bits per heavy atom. The molecule has 0 spiro atoms. The normalized spacial score (nSPS) is 10.4. The molecule has 0 atom stereocenters. The van der Waals surface area contributed by atoms with E-state index in [1.165, 1.54) is 0 Å². The highest BCUT2D eigenvalue weighted by molar-refractivity contribution is 5.51. The SMILES string of the molecule is Nc1cccc(Oc2ccccc2Oc2ccc(Oc3ccccc3Oc3cccc(N)c3)cc2)c1. The minimum atomic E-state index is 0.578. The second-order valence-corrected chi connectivity index (χ2v) is 7.92. The van der Waals surface area contributed by atoms with E-state index >= 15 is 0 Å². The van der Waals surface area contributed by atoms with Crippen molar-refractivity contribution in [2.45, 2.75) is 0 Å². The molecule has 6 nitrogen and oxygen atoms in total. The van der Waals surface area contributed by atoms with Crippen LogP contribution in [0, 0.1) is 0 Å². The Morgan fingerprint density at radius 1 is 0.333 bits per heavy atom. The van der Waals surface area contributed by atoms with Gasteiger partial charge in [0, 0.05) is 23.5 Å². The van der Waals surface area contributed by atoms with Crippen molar-refractivity contribution in [3.8, 4) is 46.0 Å². The lowest BCUT2D eigenvalue weighted by Crippen LogP contribution is -1.92. The molecule has 178 valence electrons. The second-order valence-electron chi connectivity index (χ2n) is 7.92. The van der Waals surface area contributed by atoms with Crippen LogP contribution < -0.4 is 30.4 Å². The van der Waals surface area contributed by atoms with Crippen molar-refractivity contribution in [2.75, 3.05) is 11.5 Å². The topological polar surface area (TPSA) is 89.0 Å². The van der Waals surface area contributed by atoms with Gasteiger partial charge in [0.05, 0.1) is 0 Å². The van der Waals surface area contributed by atoms with Crippen LogP contribution in [0.15, 0.2) is 121 Å². The number of nitrogens with two attached hydrogens (primary N) is 2. The predicted octanol–water partition coefficient (Wildman–Crippen LogP) is 8.02. The number of nitrogen functional groups attached to an aromatic ring is 2. The van der Waals surface area contributed by atoms with Crippen molar-refractivity contribution in [2.24, 2.45) is 0 Å². The van der Waals surface area contributed by atoms with Gasteiger partial charge in [-0.05, 0) is 72.8 Å². The van der Waals surface area contributed by atoms with Gasteiger partial charge in [-0.25, -0.2) is 0 Å². The van der Waals surface area contributed by atoms with Gasteiger partial charge in [-0.15, -0.1) is 0 Å². The zero-order chi connectivity index (χ0) is 24.7. The zero-order valence-corrected chi connectivity index (χ0v) is 19.3. The van der Waals surface area contributed by atoms with Crippen LogP contribution in [-0.2, 0) is 0 Å². The van der Waals surface area contributed by atoms with Crippen LogP contribution in [0.2, 0.25) is 0 Å². The third kappa shape index (κ3) is 5.69. The summed E-state index contributed by atoms with van der Waals surface area (Å²) in [6.45, 7) is 0. The number of hydrogen-bond donors (Lipinski definition) is 2. The van der Waals surface area contributed by atoms with E-state index in [9.17, 15) is 0 Å². The van der Waals surface area contributed by atoms with Gasteiger partial charge in [0.15, 0.2) is 23.0 Å². The van der Waals surface area contributed by atoms with Gasteiger partial charge in [-0.1, -0.05) is 36.4 Å². The molecule has 5 aromatic rings. The summed E-state index contributed by atoms with van der Waals surface area (Å²) in [6.07, 6.45) is 0. The number of benzene rings is 5. The molecule has 0 unspecified atom stereocenters. The molecule has 5 rings (SSSR count). The minimum Gasteiger partial charge on any atom is -0.453 e. The average molecular weight is 477 g/mol. The molecule has 0 heterocycles. The van der Waals surface area contributed by atoms with Crippen LogP contribution >= 0.6 is 0 Å². The standard InChI is InChI=1S/C30H24N2O4/c31-21-7-5-9-25(19-21)35-29-13-3-1-11-27(29)33-23-15-17-24(18-16-23)34-28-12-2-4-14-30(28)36-26-10-6-8-22(32)20-26/h1-20H,31-32H2. The molecule has 0 aliphatic carbocycles.